The molecule has 6 nitrogen and oxygen atoms in total. The molecule has 0 aromatic heterocycles. The second-order valence-corrected chi connectivity index (χ2v) is 5.70. The standard InChI is InChI=1S/C15H16F2N2O4/c16-11-2-1-10(9-12(11)17)15(19-7-8-23-14(19)22)3-5-18(6-4-15)13(20)21/h1-2,9H,3-8H2,(H,20,21). The van der Waals surface area contributed by atoms with Crippen molar-refractivity contribution in [1.29, 1.82) is 0 Å². The van der Waals surface area contributed by atoms with E-state index in [-0.39, 0.29) is 19.7 Å². The quantitative estimate of drug-likeness (QED) is 0.906. The number of likely N-dealkylation sites (tertiary alicyclic amines) is 1. The smallest absolute Gasteiger partial charge is 0.410 e. The van der Waals surface area contributed by atoms with Gasteiger partial charge in [-0.05, 0) is 30.5 Å². The minimum atomic E-state index is -1.03. The minimum absolute atomic E-state index is 0.206. The summed E-state index contributed by atoms with van der Waals surface area (Å²) in [6.07, 6.45) is -0.940. The van der Waals surface area contributed by atoms with Crippen molar-refractivity contribution in [2.45, 2.75) is 18.4 Å². The summed E-state index contributed by atoms with van der Waals surface area (Å²) in [5, 5.41) is 9.09. The number of hydrogen-bond donors (Lipinski definition) is 1. The number of rotatable bonds is 2. The van der Waals surface area contributed by atoms with Crippen molar-refractivity contribution < 1.29 is 28.2 Å². The molecule has 0 aliphatic carbocycles. The van der Waals surface area contributed by atoms with Crippen LogP contribution in [0.15, 0.2) is 18.2 Å². The number of carbonyl (C=O) groups excluding carboxylic acids is 1. The molecule has 124 valence electrons. The van der Waals surface area contributed by atoms with Gasteiger partial charge in [-0.3, -0.25) is 4.90 Å². The molecule has 0 unspecified atom stereocenters. The van der Waals surface area contributed by atoms with Gasteiger partial charge >= 0.3 is 12.2 Å². The summed E-state index contributed by atoms with van der Waals surface area (Å²) in [6.45, 7) is 0.980. The number of ether oxygens (including phenoxy) is 1. The SMILES string of the molecule is O=C(O)N1CCC(c2ccc(F)c(F)c2)(N2CCOC2=O)CC1. The summed E-state index contributed by atoms with van der Waals surface area (Å²) in [4.78, 5) is 25.9. The van der Waals surface area contributed by atoms with Crippen LogP contribution < -0.4 is 0 Å². The van der Waals surface area contributed by atoms with Crippen LogP contribution in [-0.4, -0.2) is 53.3 Å². The molecular weight excluding hydrogens is 310 g/mol. The molecular formula is C15H16F2N2O4. The van der Waals surface area contributed by atoms with Crippen molar-refractivity contribution in [2.24, 2.45) is 0 Å². The van der Waals surface area contributed by atoms with Crippen LogP contribution in [-0.2, 0) is 10.3 Å². The number of cyclic esters (lactones) is 1. The zero-order valence-corrected chi connectivity index (χ0v) is 12.3. The van der Waals surface area contributed by atoms with Gasteiger partial charge < -0.3 is 14.7 Å². The van der Waals surface area contributed by atoms with Gasteiger partial charge in [-0.2, -0.15) is 0 Å². The molecule has 3 rings (SSSR count). The van der Waals surface area contributed by atoms with Crippen LogP contribution in [0.4, 0.5) is 18.4 Å². The molecule has 0 radical (unpaired) electrons. The zero-order valence-electron chi connectivity index (χ0n) is 12.3. The predicted octanol–water partition coefficient (Wildman–Crippen LogP) is 2.39. The van der Waals surface area contributed by atoms with Crippen LogP contribution in [0.3, 0.4) is 0 Å². The fourth-order valence-corrected chi connectivity index (χ4v) is 3.35. The molecule has 1 aromatic carbocycles. The molecule has 0 atom stereocenters. The van der Waals surface area contributed by atoms with Crippen molar-refractivity contribution >= 4 is 12.2 Å². The fourth-order valence-electron chi connectivity index (χ4n) is 3.35. The first kappa shape index (κ1) is 15.5. The van der Waals surface area contributed by atoms with Gasteiger partial charge in [0.25, 0.3) is 0 Å². The van der Waals surface area contributed by atoms with Crippen LogP contribution in [0.1, 0.15) is 18.4 Å². The van der Waals surface area contributed by atoms with Gasteiger partial charge in [0, 0.05) is 13.1 Å². The molecule has 2 heterocycles. The molecule has 0 bridgehead atoms. The van der Waals surface area contributed by atoms with Crippen LogP contribution in [0.25, 0.3) is 0 Å². The number of carboxylic acid groups (broad SMARTS) is 1. The molecule has 8 heteroatoms. The predicted molar refractivity (Wildman–Crippen MR) is 74.9 cm³/mol. The third-order valence-corrected chi connectivity index (χ3v) is 4.60. The normalized spacial score (nSPS) is 20.5. The van der Waals surface area contributed by atoms with Crippen molar-refractivity contribution in [1.82, 2.24) is 9.80 Å². The summed E-state index contributed by atoms with van der Waals surface area (Å²) in [5.74, 6) is -1.95. The number of benzene rings is 1. The number of nitrogens with zero attached hydrogens (tertiary/aromatic N) is 2. The highest BCUT2D eigenvalue weighted by Gasteiger charge is 2.47. The third kappa shape index (κ3) is 2.58. The molecule has 2 amide bonds. The Kier molecular flexibility index (Phi) is 3.83. The largest absolute Gasteiger partial charge is 0.465 e. The van der Waals surface area contributed by atoms with E-state index in [1.807, 2.05) is 0 Å². The van der Waals surface area contributed by atoms with Crippen molar-refractivity contribution in [3.8, 4) is 0 Å². The van der Waals surface area contributed by atoms with Crippen LogP contribution in [0, 0.1) is 11.6 Å². The summed E-state index contributed by atoms with van der Waals surface area (Å²) in [7, 11) is 0. The maximum absolute atomic E-state index is 13.7. The van der Waals surface area contributed by atoms with Gasteiger partial charge in [0.2, 0.25) is 0 Å². The van der Waals surface area contributed by atoms with Crippen LogP contribution >= 0.6 is 0 Å². The highest BCUT2D eigenvalue weighted by Crippen LogP contribution is 2.41. The Bertz CT molecular complexity index is 644. The summed E-state index contributed by atoms with van der Waals surface area (Å²) in [5.41, 5.74) is -0.422. The number of hydrogen-bond acceptors (Lipinski definition) is 3. The van der Waals surface area contributed by atoms with E-state index in [2.05, 4.69) is 0 Å². The first-order chi connectivity index (χ1) is 10.9. The van der Waals surface area contributed by atoms with Gasteiger partial charge in [-0.15, -0.1) is 0 Å². The molecule has 2 aliphatic rings. The third-order valence-electron chi connectivity index (χ3n) is 4.60. The van der Waals surface area contributed by atoms with E-state index >= 15 is 0 Å². The van der Waals surface area contributed by atoms with E-state index in [0.29, 0.717) is 24.9 Å². The van der Waals surface area contributed by atoms with E-state index in [0.717, 1.165) is 12.1 Å². The molecule has 1 N–H and O–H groups in total. The topological polar surface area (TPSA) is 70.1 Å². The number of piperidine rings is 1. The fraction of sp³-hybridized carbons (Fsp3) is 0.467. The van der Waals surface area contributed by atoms with Crippen molar-refractivity contribution in [3.05, 3.63) is 35.4 Å². The van der Waals surface area contributed by atoms with Gasteiger partial charge in [-0.1, -0.05) is 6.07 Å². The van der Waals surface area contributed by atoms with Gasteiger partial charge in [0.15, 0.2) is 11.6 Å². The minimum Gasteiger partial charge on any atom is -0.465 e. The zero-order chi connectivity index (χ0) is 16.6. The summed E-state index contributed by atoms with van der Waals surface area (Å²) in [6, 6.07) is 3.55. The Hall–Kier alpha value is -2.38. The average Bonchev–Trinajstić information content (AvgIpc) is 2.96. The van der Waals surface area contributed by atoms with Crippen LogP contribution in [0.5, 0.6) is 0 Å². The van der Waals surface area contributed by atoms with Gasteiger partial charge in [0.1, 0.15) is 6.61 Å². The lowest BCUT2D eigenvalue weighted by Crippen LogP contribution is -2.54. The van der Waals surface area contributed by atoms with E-state index < -0.39 is 29.4 Å². The Balaban J connectivity index is 1.99. The average molecular weight is 326 g/mol. The van der Waals surface area contributed by atoms with Gasteiger partial charge in [-0.25, -0.2) is 18.4 Å². The van der Waals surface area contributed by atoms with Crippen molar-refractivity contribution in [3.63, 3.8) is 0 Å². The van der Waals surface area contributed by atoms with Crippen LogP contribution in [0.2, 0.25) is 0 Å². The summed E-state index contributed by atoms with van der Waals surface area (Å²) < 4.78 is 31.9. The second-order valence-electron chi connectivity index (χ2n) is 5.70. The Morgan fingerprint density at radius 2 is 1.87 bits per heavy atom. The molecule has 2 fully saturated rings. The van der Waals surface area contributed by atoms with E-state index in [1.165, 1.54) is 15.9 Å². The monoisotopic (exact) mass is 326 g/mol. The Morgan fingerprint density at radius 1 is 1.17 bits per heavy atom. The first-order valence-corrected chi connectivity index (χ1v) is 7.32. The molecule has 23 heavy (non-hydrogen) atoms. The maximum Gasteiger partial charge on any atom is 0.410 e. The Morgan fingerprint density at radius 3 is 2.39 bits per heavy atom. The molecule has 1 aromatic rings. The lowest BCUT2D eigenvalue weighted by Gasteiger charge is -2.46. The van der Waals surface area contributed by atoms with E-state index in [1.54, 1.807) is 0 Å². The lowest BCUT2D eigenvalue weighted by atomic mass is 9.79. The molecule has 0 saturated carbocycles. The maximum atomic E-state index is 13.7. The highest BCUT2D eigenvalue weighted by atomic mass is 19.2. The highest BCUT2D eigenvalue weighted by molar-refractivity contribution is 5.71. The first-order valence-electron chi connectivity index (χ1n) is 7.32. The molecule has 2 aliphatic heterocycles. The van der Waals surface area contributed by atoms with Gasteiger partial charge in [0.05, 0.1) is 12.1 Å². The van der Waals surface area contributed by atoms with E-state index in [9.17, 15) is 18.4 Å². The van der Waals surface area contributed by atoms with E-state index in [4.69, 9.17) is 9.84 Å². The van der Waals surface area contributed by atoms with Crippen molar-refractivity contribution in [2.75, 3.05) is 26.2 Å². The summed E-state index contributed by atoms with van der Waals surface area (Å²) >= 11 is 0. The number of halogens is 2. The number of carbonyl (C=O) groups is 2. The Labute approximate surface area is 131 Å². The molecule has 0 spiro atoms. The number of amides is 2. The molecule has 2 saturated heterocycles. The second kappa shape index (κ2) is 5.68. The lowest BCUT2D eigenvalue weighted by molar-refractivity contribution is 0.0487.